The van der Waals surface area contributed by atoms with Gasteiger partial charge in [0.2, 0.25) is 0 Å². The molecule has 1 rings (SSSR count). The van der Waals surface area contributed by atoms with Gasteiger partial charge in [-0.2, -0.15) is 0 Å². The Hall–Kier alpha value is -0.800. The second kappa shape index (κ2) is 4.44. The first-order valence-electron chi connectivity index (χ1n) is 4.15. The first-order chi connectivity index (χ1) is 6.19. The SMILES string of the molecule is CCC(=O)c1cc(CO)ccc1S. The highest BCUT2D eigenvalue weighted by molar-refractivity contribution is 7.80. The second-order valence-electron chi connectivity index (χ2n) is 2.79. The molecule has 0 unspecified atom stereocenters. The summed E-state index contributed by atoms with van der Waals surface area (Å²) in [4.78, 5) is 12.0. The molecule has 0 atom stereocenters. The Balaban J connectivity index is 3.11. The third kappa shape index (κ3) is 2.32. The van der Waals surface area contributed by atoms with Crippen molar-refractivity contribution < 1.29 is 9.90 Å². The molecule has 0 aliphatic heterocycles. The highest BCUT2D eigenvalue weighted by Crippen LogP contribution is 2.17. The van der Waals surface area contributed by atoms with Crippen LogP contribution in [0.25, 0.3) is 0 Å². The fourth-order valence-electron chi connectivity index (χ4n) is 1.10. The molecule has 2 nitrogen and oxygen atoms in total. The highest BCUT2D eigenvalue weighted by atomic mass is 32.1. The molecule has 0 bridgehead atoms. The van der Waals surface area contributed by atoms with Crippen LogP contribution in [0.3, 0.4) is 0 Å². The van der Waals surface area contributed by atoms with Gasteiger partial charge in [0.15, 0.2) is 5.78 Å². The molecule has 70 valence electrons. The van der Waals surface area contributed by atoms with E-state index in [1.807, 2.05) is 0 Å². The van der Waals surface area contributed by atoms with Crippen LogP contribution >= 0.6 is 12.6 Å². The van der Waals surface area contributed by atoms with E-state index in [4.69, 9.17) is 5.11 Å². The molecule has 0 radical (unpaired) electrons. The number of hydrogen-bond donors (Lipinski definition) is 2. The van der Waals surface area contributed by atoms with Crippen LogP contribution in [0.1, 0.15) is 29.3 Å². The summed E-state index contributed by atoms with van der Waals surface area (Å²) in [5.41, 5.74) is 1.34. The number of aliphatic hydroxyl groups is 1. The van der Waals surface area contributed by atoms with Gasteiger partial charge in [-0.15, -0.1) is 12.6 Å². The van der Waals surface area contributed by atoms with Gasteiger partial charge in [0.25, 0.3) is 0 Å². The number of carbonyl (C=O) groups excluding carboxylic acids is 1. The van der Waals surface area contributed by atoms with E-state index in [-0.39, 0.29) is 12.4 Å². The normalized spacial score (nSPS) is 10.1. The van der Waals surface area contributed by atoms with Gasteiger partial charge in [-0.1, -0.05) is 13.0 Å². The summed E-state index contributed by atoms with van der Waals surface area (Å²) in [6.45, 7) is 1.76. The van der Waals surface area contributed by atoms with Crippen LogP contribution in [0.4, 0.5) is 0 Å². The maximum atomic E-state index is 11.4. The maximum Gasteiger partial charge on any atom is 0.163 e. The third-order valence-electron chi connectivity index (χ3n) is 1.87. The van der Waals surface area contributed by atoms with E-state index in [0.29, 0.717) is 16.9 Å². The van der Waals surface area contributed by atoms with Gasteiger partial charge < -0.3 is 5.11 Å². The molecule has 1 N–H and O–H groups in total. The van der Waals surface area contributed by atoms with E-state index >= 15 is 0 Å². The Labute approximate surface area is 83.0 Å². The number of hydrogen-bond acceptors (Lipinski definition) is 3. The van der Waals surface area contributed by atoms with Crippen LogP contribution in [0.2, 0.25) is 0 Å². The summed E-state index contributed by atoms with van der Waals surface area (Å²) in [5, 5.41) is 8.87. The van der Waals surface area contributed by atoms with Crippen molar-refractivity contribution in [1.29, 1.82) is 0 Å². The minimum atomic E-state index is -0.0436. The van der Waals surface area contributed by atoms with Crippen molar-refractivity contribution in [1.82, 2.24) is 0 Å². The summed E-state index contributed by atoms with van der Waals surface area (Å²) >= 11 is 4.17. The Kier molecular flexibility index (Phi) is 3.51. The van der Waals surface area contributed by atoms with Gasteiger partial charge in [0, 0.05) is 16.9 Å². The molecular formula is C10H12O2S. The standard InChI is InChI=1S/C10H12O2S/c1-2-9(12)8-5-7(6-11)3-4-10(8)13/h3-5,11,13H,2,6H2,1H3. The predicted molar refractivity (Wildman–Crippen MR) is 54.2 cm³/mol. The molecule has 0 amide bonds. The molecule has 0 aliphatic rings. The minimum absolute atomic E-state index is 0.0436. The first-order valence-corrected chi connectivity index (χ1v) is 4.59. The predicted octanol–water partition coefficient (Wildman–Crippen LogP) is 2.06. The van der Waals surface area contributed by atoms with Crippen LogP contribution in [-0.4, -0.2) is 10.9 Å². The first kappa shape index (κ1) is 10.3. The molecule has 0 aliphatic carbocycles. The Bertz CT molecular complexity index is 321. The maximum absolute atomic E-state index is 11.4. The fraction of sp³-hybridized carbons (Fsp3) is 0.300. The van der Waals surface area contributed by atoms with Gasteiger partial charge in [0.05, 0.1) is 6.61 Å². The van der Waals surface area contributed by atoms with Crippen molar-refractivity contribution in [2.75, 3.05) is 0 Å². The van der Waals surface area contributed by atoms with Gasteiger partial charge in [-0.25, -0.2) is 0 Å². The van der Waals surface area contributed by atoms with Gasteiger partial charge in [0.1, 0.15) is 0 Å². The van der Waals surface area contributed by atoms with Crippen LogP contribution < -0.4 is 0 Å². The molecule has 0 saturated heterocycles. The minimum Gasteiger partial charge on any atom is -0.392 e. The van der Waals surface area contributed by atoms with Crippen LogP contribution in [-0.2, 0) is 6.61 Å². The van der Waals surface area contributed by atoms with Crippen LogP contribution in [0.15, 0.2) is 23.1 Å². The topological polar surface area (TPSA) is 37.3 Å². The average molecular weight is 196 g/mol. The van der Waals surface area contributed by atoms with E-state index < -0.39 is 0 Å². The van der Waals surface area contributed by atoms with Gasteiger partial charge >= 0.3 is 0 Å². The van der Waals surface area contributed by atoms with Crippen molar-refractivity contribution in [3.05, 3.63) is 29.3 Å². The molecular weight excluding hydrogens is 184 g/mol. The molecule has 0 saturated carbocycles. The van der Waals surface area contributed by atoms with Gasteiger partial charge in [-0.05, 0) is 17.7 Å². The molecule has 1 aromatic carbocycles. The summed E-state index contributed by atoms with van der Waals surface area (Å²) in [5.74, 6) is 0.0558. The number of aliphatic hydroxyl groups excluding tert-OH is 1. The largest absolute Gasteiger partial charge is 0.392 e. The summed E-state index contributed by atoms with van der Waals surface area (Å²) < 4.78 is 0. The zero-order chi connectivity index (χ0) is 9.84. The van der Waals surface area contributed by atoms with E-state index in [1.165, 1.54) is 0 Å². The summed E-state index contributed by atoms with van der Waals surface area (Å²) in [6.07, 6.45) is 0.461. The van der Waals surface area contributed by atoms with E-state index in [9.17, 15) is 4.79 Å². The number of Topliss-reactive ketones (excluding diaryl/α,β-unsaturated/α-hetero) is 1. The number of carbonyl (C=O) groups is 1. The zero-order valence-corrected chi connectivity index (χ0v) is 8.34. The second-order valence-corrected chi connectivity index (χ2v) is 3.27. The number of rotatable bonds is 3. The Morgan fingerprint density at radius 2 is 2.23 bits per heavy atom. The number of benzene rings is 1. The molecule has 13 heavy (non-hydrogen) atoms. The Morgan fingerprint density at radius 1 is 1.54 bits per heavy atom. The molecule has 0 fully saturated rings. The van der Waals surface area contributed by atoms with E-state index in [2.05, 4.69) is 12.6 Å². The fourth-order valence-corrected chi connectivity index (χ4v) is 1.36. The molecule has 0 heterocycles. The molecule has 0 spiro atoms. The van der Waals surface area contributed by atoms with Crippen LogP contribution in [0, 0.1) is 0 Å². The Morgan fingerprint density at radius 3 is 2.77 bits per heavy atom. The number of thiol groups is 1. The van der Waals surface area contributed by atoms with Crippen molar-refractivity contribution >= 4 is 18.4 Å². The van der Waals surface area contributed by atoms with Crippen molar-refractivity contribution in [2.45, 2.75) is 24.8 Å². The lowest BCUT2D eigenvalue weighted by molar-refractivity contribution is 0.0985. The van der Waals surface area contributed by atoms with Crippen molar-refractivity contribution in [3.8, 4) is 0 Å². The zero-order valence-electron chi connectivity index (χ0n) is 7.45. The van der Waals surface area contributed by atoms with Crippen molar-refractivity contribution in [2.24, 2.45) is 0 Å². The third-order valence-corrected chi connectivity index (χ3v) is 2.26. The van der Waals surface area contributed by atoms with Gasteiger partial charge in [-0.3, -0.25) is 4.79 Å². The monoisotopic (exact) mass is 196 g/mol. The lowest BCUT2D eigenvalue weighted by Crippen LogP contribution is -1.99. The summed E-state index contributed by atoms with van der Waals surface area (Å²) in [6, 6.07) is 5.18. The lowest BCUT2D eigenvalue weighted by atomic mass is 10.1. The average Bonchev–Trinajstić information content (AvgIpc) is 2.17. The smallest absolute Gasteiger partial charge is 0.163 e. The number of ketones is 1. The highest BCUT2D eigenvalue weighted by Gasteiger charge is 2.07. The lowest BCUT2D eigenvalue weighted by Gasteiger charge is -2.04. The quantitative estimate of drug-likeness (QED) is 0.573. The molecule has 0 aromatic heterocycles. The van der Waals surface area contributed by atoms with E-state index in [1.54, 1.807) is 25.1 Å². The summed E-state index contributed by atoms with van der Waals surface area (Å²) in [7, 11) is 0. The van der Waals surface area contributed by atoms with Crippen molar-refractivity contribution in [3.63, 3.8) is 0 Å². The molecule has 1 aromatic rings. The van der Waals surface area contributed by atoms with Crippen LogP contribution in [0.5, 0.6) is 0 Å². The molecule has 3 heteroatoms. The van der Waals surface area contributed by atoms with E-state index in [0.717, 1.165) is 5.56 Å².